The van der Waals surface area contributed by atoms with Crippen LogP contribution in [0.5, 0.6) is 0 Å². The summed E-state index contributed by atoms with van der Waals surface area (Å²) in [6.45, 7) is 3.88. The van der Waals surface area contributed by atoms with Crippen molar-refractivity contribution < 1.29 is 5.03 Å². The van der Waals surface area contributed by atoms with E-state index in [4.69, 9.17) is 0 Å². The van der Waals surface area contributed by atoms with Gasteiger partial charge in [0.05, 0.1) is 11.9 Å². The van der Waals surface area contributed by atoms with Crippen LogP contribution >= 0.6 is 11.8 Å². The second kappa shape index (κ2) is 6.78. The summed E-state index contributed by atoms with van der Waals surface area (Å²) >= 11 is 1.59. The molecule has 4 rings (SSSR count). The Morgan fingerprint density at radius 3 is 2.52 bits per heavy atom. The molecule has 0 amide bonds. The number of para-hydroxylation sites is 2. The maximum Gasteiger partial charge on any atom is 0.169 e. The molecule has 25 heavy (non-hydrogen) atoms. The van der Waals surface area contributed by atoms with E-state index in [1.54, 1.807) is 24.0 Å². The largest absolute Gasteiger partial charge is 0.368 e. The second-order valence-electron chi connectivity index (χ2n) is 5.90. The van der Waals surface area contributed by atoms with Gasteiger partial charge in [-0.3, -0.25) is 0 Å². The quantitative estimate of drug-likeness (QED) is 0.576. The Labute approximate surface area is 149 Å². The lowest BCUT2D eigenvalue weighted by atomic mass is 10.2. The molecular weight excluding hydrogens is 336 g/mol. The molecule has 6 nitrogen and oxygen atoms in total. The summed E-state index contributed by atoms with van der Waals surface area (Å²) < 4.78 is 1.10. The topological polar surface area (TPSA) is 63.3 Å². The zero-order valence-corrected chi connectivity index (χ0v) is 14.4. The zero-order chi connectivity index (χ0) is 17.2. The highest BCUT2D eigenvalue weighted by atomic mass is 32.2. The molecular formula is C18H18N4O2S. The van der Waals surface area contributed by atoms with Gasteiger partial charge in [-0.1, -0.05) is 46.8 Å². The third kappa shape index (κ3) is 3.08. The molecule has 0 spiro atoms. The van der Waals surface area contributed by atoms with E-state index in [0.717, 1.165) is 46.0 Å². The maximum absolute atomic E-state index is 11.3. The van der Waals surface area contributed by atoms with Gasteiger partial charge in [0.15, 0.2) is 5.03 Å². The Balaban J connectivity index is 1.74. The molecule has 1 fully saturated rings. The minimum atomic E-state index is -0.380. The van der Waals surface area contributed by atoms with Gasteiger partial charge in [-0.15, -0.1) is 0 Å². The van der Waals surface area contributed by atoms with Crippen LogP contribution in [0.1, 0.15) is 0 Å². The predicted octanol–water partition coefficient (Wildman–Crippen LogP) is 3.24. The summed E-state index contributed by atoms with van der Waals surface area (Å²) in [7, 11) is 0. The lowest BCUT2D eigenvalue weighted by Gasteiger charge is -2.30. The molecule has 1 aliphatic heterocycles. The Morgan fingerprint density at radius 2 is 1.72 bits per heavy atom. The molecule has 2 heterocycles. The fourth-order valence-electron chi connectivity index (χ4n) is 3.18. The first-order chi connectivity index (χ1) is 12.2. The minimum Gasteiger partial charge on any atom is -0.368 e. The van der Waals surface area contributed by atoms with Crippen molar-refractivity contribution in [2.75, 3.05) is 31.1 Å². The first-order valence-electron chi connectivity index (χ1n) is 8.21. The van der Waals surface area contributed by atoms with Gasteiger partial charge in [0.1, 0.15) is 5.52 Å². The van der Waals surface area contributed by atoms with Crippen molar-refractivity contribution in [3.05, 3.63) is 64.8 Å². The Kier molecular flexibility index (Phi) is 4.33. The number of aromatic nitrogens is 1. The van der Waals surface area contributed by atoms with Gasteiger partial charge >= 0.3 is 0 Å². The van der Waals surface area contributed by atoms with E-state index < -0.39 is 0 Å². The highest BCUT2D eigenvalue weighted by Crippen LogP contribution is 2.39. The zero-order valence-electron chi connectivity index (χ0n) is 13.6. The molecule has 2 aromatic carbocycles. The number of rotatable bonds is 4. The van der Waals surface area contributed by atoms with Crippen molar-refractivity contribution in [3.63, 3.8) is 0 Å². The SMILES string of the molecule is O=[N+]([O-])n1cc(Sc2ccccc2N2CCNCC2)c2ccccc21. The van der Waals surface area contributed by atoms with Gasteiger partial charge in [-0.2, -0.15) is 0 Å². The standard InChI is InChI=1S/C18H18N4O2S/c23-22(24)21-13-18(14-5-1-2-6-15(14)21)25-17-8-4-3-7-16(17)20-11-9-19-10-12-20/h1-8,13,19H,9-12H2. The summed E-state index contributed by atoms with van der Waals surface area (Å²) in [4.78, 5) is 15.7. The van der Waals surface area contributed by atoms with Crippen LogP contribution in [0.15, 0.2) is 64.5 Å². The number of anilines is 1. The Hall–Kier alpha value is -2.51. The summed E-state index contributed by atoms with van der Waals surface area (Å²) in [5.74, 6) is 0. The van der Waals surface area contributed by atoms with Gasteiger partial charge in [-0.05, 0) is 18.2 Å². The molecule has 7 heteroatoms. The van der Waals surface area contributed by atoms with E-state index >= 15 is 0 Å². The van der Waals surface area contributed by atoms with Gasteiger partial charge in [0, 0.05) is 41.4 Å². The highest BCUT2D eigenvalue weighted by Gasteiger charge is 2.18. The fraction of sp³-hybridized carbons (Fsp3) is 0.222. The van der Waals surface area contributed by atoms with Crippen LogP contribution in [0.4, 0.5) is 5.69 Å². The maximum atomic E-state index is 11.3. The fourth-order valence-corrected chi connectivity index (χ4v) is 4.30. The average molecular weight is 354 g/mol. The molecule has 3 aromatic rings. The van der Waals surface area contributed by atoms with Crippen molar-refractivity contribution in [1.82, 2.24) is 9.99 Å². The number of benzene rings is 2. The lowest BCUT2D eigenvalue weighted by molar-refractivity contribution is -0.537. The molecule has 0 aliphatic carbocycles. The summed E-state index contributed by atoms with van der Waals surface area (Å²) in [6, 6.07) is 15.7. The molecule has 0 atom stereocenters. The van der Waals surface area contributed by atoms with E-state index in [2.05, 4.69) is 22.3 Å². The molecule has 0 bridgehead atoms. The van der Waals surface area contributed by atoms with E-state index in [1.165, 1.54) is 5.69 Å². The van der Waals surface area contributed by atoms with Crippen molar-refractivity contribution in [1.29, 1.82) is 0 Å². The molecule has 1 aromatic heterocycles. The normalized spacial score (nSPS) is 14.8. The molecule has 1 N–H and O–H groups in total. The summed E-state index contributed by atoms with van der Waals surface area (Å²) in [5, 5.41) is 15.2. The van der Waals surface area contributed by atoms with Crippen LogP contribution in [0.3, 0.4) is 0 Å². The number of nitro groups is 1. The molecule has 0 saturated carbocycles. The third-order valence-corrected chi connectivity index (χ3v) is 5.49. The number of fused-ring (bicyclic) bond motifs is 1. The van der Waals surface area contributed by atoms with Crippen molar-refractivity contribution in [2.24, 2.45) is 0 Å². The number of hydrogen-bond donors (Lipinski definition) is 1. The lowest BCUT2D eigenvalue weighted by Crippen LogP contribution is -2.43. The van der Waals surface area contributed by atoms with Crippen LogP contribution in [0.25, 0.3) is 10.9 Å². The highest BCUT2D eigenvalue weighted by molar-refractivity contribution is 7.99. The van der Waals surface area contributed by atoms with Crippen molar-refractivity contribution in [3.8, 4) is 0 Å². The summed E-state index contributed by atoms with van der Waals surface area (Å²) in [5.41, 5.74) is 1.81. The minimum absolute atomic E-state index is 0.380. The van der Waals surface area contributed by atoms with Gasteiger partial charge < -0.3 is 10.2 Å². The average Bonchev–Trinajstić information content (AvgIpc) is 3.02. The Morgan fingerprint density at radius 1 is 1.00 bits per heavy atom. The third-order valence-electron chi connectivity index (χ3n) is 4.37. The van der Waals surface area contributed by atoms with Crippen LogP contribution in [0, 0.1) is 10.1 Å². The number of nitrogens with one attached hydrogen (secondary N) is 1. The number of piperazine rings is 1. The van der Waals surface area contributed by atoms with Crippen molar-refractivity contribution >= 4 is 28.4 Å². The van der Waals surface area contributed by atoms with Crippen LogP contribution in [0.2, 0.25) is 0 Å². The van der Waals surface area contributed by atoms with E-state index in [9.17, 15) is 10.1 Å². The molecule has 1 saturated heterocycles. The first-order valence-corrected chi connectivity index (χ1v) is 9.03. The van der Waals surface area contributed by atoms with Crippen molar-refractivity contribution in [2.45, 2.75) is 9.79 Å². The van der Waals surface area contributed by atoms with Crippen LogP contribution < -0.4 is 10.2 Å². The smallest absolute Gasteiger partial charge is 0.169 e. The monoisotopic (exact) mass is 354 g/mol. The Bertz CT molecular complexity index is 918. The number of nitrogens with zero attached hydrogens (tertiary/aromatic N) is 3. The first kappa shape index (κ1) is 16.0. The predicted molar refractivity (Wildman–Crippen MR) is 100.0 cm³/mol. The van der Waals surface area contributed by atoms with Crippen LogP contribution in [-0.4, -0.2) is 35.9 Å². The van der Waals surface area contributed by atoms with E-state index in [0.29, 0.717) is 5.52 Å². The molecule has 0 unspecified atom stereocenters. The van der Waals surface area contributed by atoms with E-state index in [1.807, 2.05) is 30.3 Å². The summed E-state index contributed by atoms with van der Waals surface area (Å²) in [6.07, 6.45) is 1.61. The second-order valence-corrected chi connectivity index (χ2v) is 6.98. The number of hydrogen-bond acceptors (Lipinski definition) is 5. The molecule has 1 aliphatic rings. The van der Waals surface area contributed by atoms with Crippen LogP contribution in [-0.2, 0) is 0 Å². The van der Waals surface area contributed by atoms with E-state index in [-0.39, 0.29) is 5.03 Å². The van der Waals surface area contributed by atoms with Gasteiger partial charge in [0.25, 0.3) is 0 Å². The van der Waals surface area contributed by atoms with Gasteiger partial charge in [0.2, 0.25) is 0 Å². The molecule has 128 valence electrons. The molecule has 0 radical (unpaired) electrons. The van der Waals surface area contributed by atoms with Gasteiger partial charge in [-0.25, -0.2) is 10.1 Å².